The minimum Gasteiger partial charge on any atom is -0.487 e. The first-order valence-electron chi connectivity index (χ1n) is 9.43. The van der Waals surface area contributed by atoms with Crippen LogP contribution in [-0.4, -0.2) is 23.7 Å². The van der Waals surface area contributed by atoms with Gasteiger partial charge in [0, 0.05) is 17.5 Å². The highest BCUT2D eigenvalue weighted by atomic mass is 32.1. The number of carbonyl (C=O) groups excluding carboxylic acids is 1. The maximum absolute atomic E-state index is 12.3. The van der Waals surface area contributed by atoms with Crippen molar-refractivity contribution >= 4 is 17.2 Å². The molecule has 0 spiro atoms. The number of nitrogens with zero attached hydrogens (tertiary/aromatic N) is 1. The summed E-state index contributed by atoms with van der Waals surface area (Å²) in [5.41, 5.74) is 2.81. The van der Waals surface area contributed by atoms with Crippen molar-refractivity contribution in [1.29, 1.82) is 0 Å². The molecule has 0 bridgehead atoms. The van der Waals surface area contributed by atoms with Crippen LogP contribution in [0, 0.1) is 6.92 Å². The Balaban J connectivity index is 1.43. The number of benzene rings is 2. The SMILES string of the molecule is Cc1nc(COc2ccc(C(=O)NCc3ccc(COCC(F)(F)F)cc3)cc2)cs1. The highest BCUT2D eigenvalue weighted by Gasteiger charge is 2.27. The van der Waals surface area contributed by atoms with E-state index in [1.807, 2.05) is 12.3 Å². The number of aryl methyl sites for hydroxylation is 1. The number of hydrogen-bond donors (Lipinski definition) is 1. The molecule has 1 N–H and O–H groups in total. The van der Waals surface area contributed by atoms with Gasteiger partial charge in [-0.1, -0.05) is 24.3 Å². The van der Waals surface area contributed by atoms with E-state index < -0.39 is 12.8 Å². The smallest absolute Gasteiger partial charge is 0.411 e. The zero-order chi connectivity index (χ0) is 22.3. The van der Waals surface area contributed by atoms with Gasteiger partial charge in [0.25, 0.3) is 5.91 Å². The number of amides is 1. The van der Waals surface area contributed by atoms with Crippen LogP contribution < -0.4 is 10.1 Å². The van der Waals surface area contributed by atoms with E-state index in [9.17, 15) is 18.0 Å². The number of rotatable bonds is 9. The summed E-state index contributed by atoms with van der Waals surface area (Å²) in [5.74, 6) is 0.407. The molecule has 0 aliphatic carbocycles. The monoisotopic (exact) mass is 450 g/mol. The second kappa shape index (κ2) is 10.4. The van der Waals surface area contributed by atoms with Crippen LogP contribution in [0.3, 0.4) is 0 Å². The third kappa shape index (κ3) is 7.69. The molecule has 0 aliphatic rings. The van der Waals surface area contributed by atoms with Gasteiger partial charge in [-0.25, -0.2) is 4.98 Å². The Morgan fingerprint density at radius 1 is 1.03 bits per heavy atom. The van der Waals surface area contributed by atoms with Crippen molar-refractivity contribution in [3.05, 3.63) is 81.3 Å². The molecule has 0 aliphatic heterocycles. The maximum Gasteiger partial charge on any atom is 0.411 e. The van der Waals surface area contributed by atoms with Crippen molar-refractivity contribution < 1.29 is 27.4 Å². The molecule has 0 saturated heterocycles. The van der Waals surface area contributed by atoms with Gasteiger partial charge < -0.3 is 14.8 Å². The number of alkyl halides is 3. The molecule has 1 aromatic heterocycles. The summed E-state index contributed by atoms with van der Waals surface area (Å²) in [6.45, 7) is 1.20. The van der Waals surface area contributed by atoms with Gasteiger partial charge in [-0.3, -0.25) is 4.79 Å². The second-order valence-electron chi connectivity index (χ2n) is 6.78. The highest BCUT2D eigenvalue weighted by Crippen LogP contribution is 2.17. The summed E-state index contributed by atoms with van der Waals surface area (Å²) in [6, 6.07) is 13.6. The van der Waals surface area contributed by atoms with Crippen LogP contribution in [0.4, 0.5) is 13.2 Å². The van der Waals surface area contributed by atoms with Crippen LogP contribution in [0.1, 0.15) is 32.2 Å². The lowest BCUT2D eigenvalue weighted by molar-refractivity contribution is -0.176. The van der Waals surface area contributed by atoms with Crippen LogP contribution in [0.15, 0.2) is 53.9 Å². The summed E-state index contributed by atoms with van der Waals surface area (Å²) in [7, 11) is 0. The topological polar surface area (TPSA) is 60.5 Å². The third-order valence-electron chi connectivity index (χ3n) is 4.18. The molecule has 0 atom stereocenters. The number of carbonyl (C=O) groups is 1. The standard InChI is InChI=1S/C22H21F3N2O3S/c1-15-27-19(13-31-15)12-30-20-8-6-18(7-9-20)21(28)26-10-16-2-4-17(5-3-16)11-29-14-22(23,24)25/h2-9,13H,10-12,14H2,1H3,(H,26,28). The Bertz CT molecular complexity index is 986. The van der Waals surface area contributed by atoms with Crippen molar-refractivity contribution in [2.24, 2.45) is 0 Å². The minimum absolute atomic E-state index is 0.122. The molecule has 3 aromatic rings. The van der Waals surface area contributed by atoms with Crippen molar-refractivity contribution in [3.8, 4) is 5.75 Å². The molecule has 1 heterocycles. The largest absolute Gasteiger partial charge is 0.487 e. The lowest BCUT2D eigenvalue weighted by atomic mass is 10.1. The number of nitrogens with one attached hydrogen (secondary N) is 1. The first-order chi connectivity index (χ1) is 14.8. The fourth-order valence-electron chi connectivity index (χ4n) is 2.66. The van der Waals surface area contributed by atoms with Crippen molar-refractivity contribution in [3.63, 3.8) is 0 Å². The van der Waals surface area contributed by atoms with Gasteiger partial charge in [0.05, 0.1) is 17.3 Å². The molecule has 0 radical (unpaired) electrons. The summed E-state index contributed by atoms with van der Waals surface area (Å²) in [5, 5.41) is 5.73. The van der Waals surface area contributed by atoms with E-state index in [2.05, 4.69) is 15.0 Å². The van der Waals surface area contributed by atoms with E-state index in [0.717, 1.165) is 16.3 Å². The number of ether oxygens (including phenoxy) is 2. The van der Waals surface area contributed by atoms with Gasteiger partial charge >= 0.3 is 6.18 Å². The fourth-order valence-corrected chi connectivity index (χ4v) is 3.25. The average molecular weight is 450 g/mol. The highest BCUT2D eigenvalue weighted by molar-refractivity contribution is 7.09. The minimum atomic E-state index is -4.34. The normalized spacial score (nSPS) is 11.4. The Morgan fingerprint density at radius 2 is 1.71 bits per heavy atom. The van der Waals surface area contributed by atoms with Gasteiger partial charge in [0.2, 0.25) is 0 Å². The molecule has 9 heteroatoms. The molecular formula is C22H21F3N2O3S. The summed E-state index contributed by atoms with van der Waals surface area (Å²) in [6.07, 6.45) is -4.34. The molecule has 0 saturated carbocycles. The Kier molecular flexibility index (Phi) is 7.64. The van der Waals surface area contributed by atoms with E-state index in [-0.39, 0.29) is 12.5 Å². The van der Waals surface area contributed by atoms with Crippen LogP contribution in [0.25, 0.3) is 0 Å². The van der Waals surface area contributed by atoms with Gasteiger partial charge in [-0.2, -0.15) is 13.2 Å². The van der Waals surface area contributed by atoms with E-state index in [4.69, 9.17) is 4.74 Å². The molecule has 5 nitrogen and oxygen atoms in total. The number of thiazole rings is 1. The van der Waals surface area contributed by atoms with Gasteiger partial charge in [0.15, 0.2) is 0 Å². The van der Waals surface area contributed by atoms with Crippen LogP contribution >= 0.6 is 11.3 Å². The fraction of sp³-hybridized carbons (Fsp3) is 0.273. The van der Waals surface area contributed by atoms with E-state index in [1.165, 1.54) is 0 Å². The number of hydrogen-bond acceptors (Lipinski definition) is 5. The van der Waals surface area contributed by atoms with Gasteiger partial charge in [0.1, 0.15) is 19.0 Å². The van der Waals surface area contributed by atoms with Crippen LogP contribution in [-0.2, 0) is 24.5 Å². The summed E-state index contributed by atoms with van der Waals surface area (Å²) < 4.78 is 46.6. The molecule has 0 unspecified atom stereocenters. The lowest BCUT2D eigenvalue weighted by Gasteiger charge is -2.09. The van der Waals surface area contributed by atoms with Crippen molar-refractivity contribution in [2.75, 3.05) is 6.61 Å². The zero-order valence-electron chi connectivity index (χ0n) is 16.7. The average Bonchev–Trinajstić information content (AvgIpc) is 3.16. The van der Waals surface area contributed by atoms with E-state index in [1.54, 1.807) is 59.9 Å². The second-order valence-corrected chi connectivity index (χ2v) is 7.84. The molecule has 31 heavy (non-hydrogen) atoms. The summed E-state index contributed by atoms with van der Waals surface area (Å²) >= 11 is 1.56. The Labute approximate surface area is 181 Å². The molecule has 2 aromatic carbocycles. The zero-order valence-corrected chi connectivity index (χ0v) is 17.6. The molecule has 164 valence electrons. The van der Waals surface area contributed by atoms with Gasteiger partial charge in [-0.05, 0) is 42.3 Å². The predicted molar refractivity (Wildman–Crippen MR) is 111 cm³/mol. The third-order valence-corrected chi connectivity index (χ3v) is 5.00. The Morgan fingerprint density at radius 3 is 2.32 bits per heavy atom. The van der Waals surface area contributed by atoms with Gasteiger partial charge in [-0.15, -0.1) is 11.3 Å². The summed E-state index contributed by atoms with van der Waals surface area (Å²) in [4.78, 5) is 16.7. The van der Waals surface area contributed by atoms with Crippen molar-refractivity contribution in [2.45, 2.75) is 32.9 Å². The van der Waals surface area contributed by atoms with Crippen molar-refractivity contribution in [1.82, 2.24) is 10.3 Å². The number of aromatic nitrogens is 1. The number of halogens is 3. The Hall–Kier alpha value is -2.91. The quantitative estimate of drug-likeness (QED) is 0.496. The molecule has 1 amide bonds. The van der Waals surface area contributed by atoms with E-state index >= 15 is 0 Å². The molecule has 0 fully saturated rings. The molecular weight excluding hydrogens is 429 g/mol. The first kappa shape index (κ1) is 22.8. The molecule has 3 rings (SSSR count). The maximum atomic E-state index is 12.3. The first-order valence-corrected chi connectivity index (χ1v) is 10.3. The van der Waals surface area contributed by atoms with E-state index in [0.29, 0.717) is 30.0 Å². The van der Waals surface area contributed by atoms with Crippen LogP contribution in [0.5, 0.6) is 5.75 Å². The predicted octanol–water partition coefficient (Wildman–Crippen LogP) is 5.04. The van der Waals surface area contributed by atoms with Crippen LogP contribution in [0.2, 0.25) is 0 Å². The lowest BCUT2D eigenvalue weighted by Crippen LogP contribution is -2.22.